The minimum atomic E-state index is -0.915. The quantitative estimate of drug-likeness (QED) is 0.903. The molecule has 0 saturated heterocycles. The lowest BCUT2D eigenvalue weighted by Gasteiger charge is -2.10. The van der Waals surface area contributed by atoms with E-state index >= 15 is 0 Å². The Morgan fingerprint density at radius 2 is 2.00 bits per heavy atom. The third-order valence-corrected chi connectivity index (χ3v) is 4.72. The molecule has 0 saturated carbocycles. The van der Waals surface area contributed by atoms with E-state index in [1.807, 2.05) is 31.2 Å². The van der Waals surface area contributed by atoms with Gasteiger partial charge in [-0.1, -0.05) is 29.8 Å². The van der Waals surface area contributed by atoms with Gasteiger partial charge in [-0.3, -0.25) is 9.79 Å². The molecule has 2 aromatic rings. The predicted molar refractivity (Wildman–Crippen MR) is 85.7 cm³/mol. The van der Waals surface area contributed by atoms with Gasteiger partial charge in [-0.2, -0.15) is 0 Å². The largest absolute Gasteiger partial charge is 0.480 e. The lowest BCUT2D eigenvalue weighted by atomic mass is 10.0. The van der Waals surface area contributed by atoms with E-state index in [2.05, 4.69) is 4.99 Å². The van der Waals surface area contributed by atoms with Crippen LogP contribution in [-0.2, 0) is 4.79 Å². The molecule has 0 bridgehead atoms. The van der Waals surface area contributed by atoms with Gasteiger partial charge < -0.3 is 5.11 Å². The number of aryl methyl sites for hydroxylation is 1. The minimum Gasteiger partial charge on any atom is -0.480 e. The fourth-order valence-electron chi connectivity index (χ4n) is 2.30. The van der Waals surface area contributed by atoms with Crippen LogP contribution in [0.5, 0.6) is 0 Å². The van der Waals surface area contributed by atoms with Crippen LogP contribution in [-0.4, -0.2) is 22.0 Å². The fourth-order valence-corrected chi connectivity index (χ4v) is 3.37. The van der Waals surface area contributed by atoms with Crippen molar-refractivity contribution in [3.63, 3.8) is 0 Å². The van der Waals surface area contributed by atoms with Crippen LogP contribution in [0, 0.1) is 12.7 Å². The van der Waals surface area contributed by atoms with Gasteiger partial charge in [0, 0.05) is 11.3 Å². The third kappa shape index (κ3) is 3.04. The number of carboxylic acid groups (broad SMARTS) is 1. The van der Waals surface area contributed by atoms with Crippen LogP contribution < -0.4 is 0 Å². The fraction of sp³-hybridized carbons (Fsp3) is 0.176. The lowest BCUT2D eigenvalue weighted by molar-refractivity contribution is -0.136. The van der Waals surface area contributed by atoms with E-state index in [4.69, 9.17) is 0 Å². The van der Waals surface area contributed by atoms with Crippen molar-refractivity contribution in [1.82, 2.24) is 0 Å². The zero-order valence-corrected chi connectivity index (χ0v) is 12.7. The van der Waals surface area contributed by atoms with Crippen molar-refractivity contribution >= 4 is 29.1 Å². The van der Waals surface area contributed by atoms with Gasteiger partial charge in [0.1, 0.15) is 11.1 Å². The Balaban J connectivity index is 2.09. The molecule has 1 heterocycles. The molecule has 0 radical (unpaired) electrons. The molecule has 0 spiro atoms. The number of hydrogen-bond acceptors (Lipinski definition) is 3. The minimum absolute atomic E-state index is 0.305. The highest BCUT2D eigenvalue weighted by Gasteiger charge is 2.26. The Labute approximate surface area is 131 Å². The highest BCUT2D eigenvalue weighted by molar-refractivity contribution is 8.00. The summed E-state index contributed by atoms with van der Waals surface area (Å²) in [6.07, 6.45) is 0.305. The van der Waals surface area contributed by atoms with Crippen molar-refractivity contribution in [3.05, 3.63) is 59.4 Å². The Morgan fingerprint density at radius 3 is 2.68 bits per heavy atom. The highest BCUT2D eigenvalue weighted by atomic mass is 32.2. The molecule has 1 N–H and O–H groups in total. The molecule has 0 aliphatic carbocycles. The molecule has 0 fully saturated rings. The Morgan fingerprint density at radius 1 is 1.27 bits per heavy atom. The number of thioether (sulfide) groups is 1. The van der Waals surface area contributed by atoms with Crippen molar-refractivity contribution in [2.75, 3.05) is 0 Å². The number of hydrogen-bond donors (Lipinski definition) is 1. The molecular formula is C17H14FNO2S. The van der Waals surface area contributed by atoms with Gasteiger partial charge in [0.05, 0.1) is 11.4 Å². The second kappa shape index (κ2) is 5.93. The van der Waals surface area contributed by atoms with Crippen molar-refractivity contribution in [3.8, 4) is 0 Å². The first-order valence-corrected chi connectivity index (χ1v) is 7.74. The number of nitrogens with zero attached hydrogens (tertiary/aromatic N) is 1. The zero-order valence-electron chi connectivity index (χ0n) is 11.9. The van der Waals surface area contributed by atoms with Gasteiger partial charge in [-0.25, -0.2) is 4.39 Å². The Hall–Kier alpha value is -2.14. The number of halogens is 1. The molecule has 112 valence electrons. The third-order valence-electron chi connectivity index (χ3n) is 3.49. The van der Waals surface area contributed by atoms with E-state index in [1.54, 1.807) is 6.07 Å². The monoisotopic (exact) mass is 315 g/mol. The van der Waals surface area contributed by atoms with Crippen molar-refractivity contribution in [1.29, 1.82) is 0 Å². The summed E-state index contributed by atoms with van der Waals surface area (Å²) in [5.74, 6) is -1.30. The molecule has 3 rings (SSSR count). The summed E-state index contributed by atoms with van der Waals surface area (Å²) in [7, 11) is 0. The standard InChI is InChI=1S/C17H14FNO2S/c1-10-2-4-11(5-3-10)14-9-16(17(20)21)22-15-8-12(18)6-7-13(15)19-14/h2-8,16H,9H2,1H3,(H,20,21). The summed E-state index contributed by atoms with van der Waals surface area (Å²) in [4.78, 5) is 16.6. The second-order valence-corrected chi connectivity index (χ2v) is 6.43. The molecule has 1 aliphatic rings. The number of rotatable bonds is 2. The van der Waals surface area contributed by atoms with E-state index in [-0.39, 0.29) is 5.82 Å². The first-order chi connectivity index (χ1) is 10.5. The van der Waals surface area contributed by atoms with Gasteiger partial charge >= 0.3 is 5.97 Å². The topological polar surface area (TPSA) is 49.7 Å². The van der Waals surface area contributed by atoms with Gasteiger partial charge in [0.2, 0.25) is 0 Å². The number of carbonyl (C=O) groups is 1. The maximum atomic E-state index is 13.4. The SMILES string of the molecule is Cc1ccc(C2=Nc3ccc(F)cc3SC(C(=O)O)C2)cc1. The van der Waals surface area contributed by atoms with Crippen LogP contribution in [0.25, 0.3) is 0 Å². The van der Waals surface area contributed by atoms with Crippen LogP contribution in [0.15, 0.2) is 52.4 Å². The smallest absolute Gasteiger partial charge is 0.317 e. The van der Waals surface area contributed by atoms with Gasteiger partial charge in [-0.15, -0.1) is 11.8 Å². The average molecular weight is 315 g/mol. The molecule has 1 unspecified atom stereocenters. The predicted octanol–water partition coefficient (Wildman–Crippen LogP) is 4.20. The zero-order chi connectivity index (χ0) is 15.7. The number of benzene rings is 2. The van der Waals surface area contributed by atoms with Crippen LogP contribution in [0.2, 0.25) is 0 Å². The first kappa shape index (κ1) is 14.8. The van der Waals surface area contributed by atoms with E-state index in [0.29, 0.717) is 22.7 Å². The van der Waals surface area contributed by atoms with E-state index in [9.17, 15) is 14.3 Å². The van der Waals surface area contributed by atoms with Gasteiger partial charge in [0.15, 0.2) is 0 Å². The van der Waals surface area contributed by atoms with Crippen LogP contribution in [0.1, 0.15) is 17.5 Å². The highest BCUT2D eigenvalue weighted by Crippen LogP contribution is 2.38. The van der Waals surface area contributed by atoms with Crippen molar-refractivity contribution < 1.29 is 14.3 Å². The number of carboxylic acids is 1. The van der Waals surface area contributed by atoms with E-state index < -0.39 is 11.2 Å². The molecule has 2 aromatic carbocycles. The number of fused-ring (bicyclic) bond motifs is 1. The maximum Gasteiger partial charge on any atom is 0.317 e. The lowest BCUT2D eigenvalue weighted by Crippen LogP contribution is -2.20. The molecule has 1 atom stereocenters. The van der Waals surface area contributed by atoms with E-state index in [1.165, 1.54) is 12.1 Å². The molecule has 5 heteroatoms. The molecule has 22 heavy (non-hydrogen) atoms. The molecule has 0 amide bonds. The maximum absolute atomic E-state index is 13.4. The van der Waals surface area contributed by atoms with Crippen molar-refractivity contribution in [2.45, 2.75) is 23.5 Å². The summed E-state index contributed by atoms with van der Waals surface area (Å²) in [6.45, 7) is 1.99. The van der Waals surface area contributed by atoms with Crippen LogP contribution in [0.3, 0.4) is 0 Å². The van der Waals surface area contributed by atoms with Crippen LogP contribution >= 0.6 is 11.8 Å². The summed E-state index contributed by atoms with van der Waals surface area (Å²) in [5.41, 5.74) is 3.36. The first-order valence-electron chi connectivity index (χ1n) is 6.86. The average Bonchev–Trinajstić information content (AvgIpc) is 2.67. The summed E-state index contributed by atoms with van der Waals surface area (Å²) in [5, 5.41) is 8.72. The normalized spacial score (nSPS) is 17.4. The number of aliphatic imine (C=N–C) groups is 1. The van der Waals surface area contributed by atoms with Gasteiger partial charge in [0.25, 0.3) is 0 Å². The molecule has 0 aromatic heterocycles. The van der Waals surface area contributed by atoms with Gasteiger partial charge in [-0.05, 0) is 30.7 Å². The van der Waals surface area contributed by atoms with E-state index in [0.717, 1.165) is 22.9 Å². The van der Waals surface area contributed by atoms with Crippen molar-refractivity contribution in [2.24, 2.45) is 4.99 Å². The molecular weight excluding hydrogens is 301 g/mol. The summed E-state index contributed by atoms with van der Waals surface area (Å²) in [6, 6.07) is 12.1. The molecule has 1 aliphatic heterocycles. The second-order valence-electron chi connectivity index (χ2n) is 5.19. The summed E-state index contributed by atoms with van der Waals surface area (Å²) >= 11 is 1.15. The number of aliphatic carboxylic acids is 1. The Bertz CT molecular complexity index is 756. The van der Waals surface area contributed by atoms with Crippen LogP contribution in [0.4, 0.5) is 10.1 Å². The Kier molecular flexibility index (Phi) is 3.98. The molecule has 3 nitrogen and oxygen atoms in total. The summed E-state index contributed by atoms with van der Waals surface area (Å²) < 4.78 is 13.4.